The zero-order valence-electron chi connectivity index (χ0n) is 16.4. The number of carbonyl (C=O) groups excluding carboxylic acids is 3. The molecule has 0 saturated carbocycles. The molecule has 0 aromatic heterocycles. The summed E-state index contributed by atoms with van der Waals surface area (Å²) in [7, 11) is 0. The summed E-state index contributed by atoms with van der Waals surface area (Å²) in [6, 6.07) is -2.10. The lowest BCUT2D eigenvalue weighted by atomic mass is 9.91. The second-order valence-electron chi connectivity index (χ2n) is 6.53. The van der Waals surface area contributed by atoms with E-state index in [9.17, 15) is 24.0 Å². The first-order chi connectivity index (χ1) is 13.2. The first-order valence-electron chi connectivity index (χ1n) is 9.43. The van der Waals surface area contributed by atoms with Crippen LogP contribution in [0.4, 0.5) is 0 Å². The Morgan fingerprint density at radius 2 is 1.39 bits per heavy atom. The van der Waals surface area contributed by atoms with Gasteiger partial charge >= 0.3 is 11.9 Å². The predicted octanol–water partition coefficient (Wildman–Crippen LogP) is 0.0397. The van der Waals surface area contributed by atoms with Crippen molar-refractivity contribution in [3.8, 4) is 0 Å². The molecule has 3 atom stereocenters. The average Bonchev–Trinajstić information content (AvgIpc) is 2.65. The van der Waals surface area contributed by atoms with Gasteiger partial charge in [-0.25, -0.2) is 9.59 Å². The van der Waals surface area contributed by atoms with Crippen LogP contribution in [0, 0.1) is 5.92 Å². The highest BCUT2D eigenvalue weighted by atomic mass is 16.4. The topological polar surface area (TPSA) is 176 Å². The Morgan fingerprint density at radius 3 is 1.86 bits per heavy atom. The fourth-order valence-electron chi connectivity index (χ4n) is 2.71. The van der Waals surface area contributed by atoms with E-state index in [0.29, 0.717) is 19.3 Å². The molecule has 0 aromatic rings. The lowest BCUT2D eigenvalue weighted by Crippen LogP contribution is -2.43. The second kappa shape index (κ2) is 13.6. The van der Waals surface area contributed by atoms with Crippen molar-refractivity contribution >= 4 is 29.5 Å². The van der Waals surface area contributed by atoms with Gasteiger partial charge in [0.05, 0.1) is 6.54 Å². The molecular formula is C18H31N3O7. The third-order valence-corrected chi connectivity index (χ3v) is 4.44. The highest BCUT2D eigenvalue weighted by Crippen LogP contribution is 2.17. The molecule has 0 fully saturated rings. The van der Waals surface area contributed by atoms with Crippen LogP contribution in [-0.4, -0.2) is 58.4 Å². The lowest BCUT2D eigenvalue weighted by molar-refractivity contribution is -0.142. The number of nitrogens with one attached hydrogen (secondary N) is 2. The summed E-state index contributed by atoms with van der Waals surface area (Å²) in [4.78, 5) is 57.5. The van der Waals surface area contributed by atoms with Crippen molar-refractivity contribution < 1.29 is 34.2 Å². The standard InChI is InChI=1S/C18H31N3O7/c1-3-11(6-5-7-15(23)20-12(4-2)17(25)26)14(22)9-8-13(18(27)28)21-16(24)10-19/h11-13H,3-10,19H2,1-2H3,(H,20,23)(H,21,24)(H,25,26)(H,27,28)/t11?,12?,13-/m0/s1. The van der Waals surface area contributed by atoms with Crippen molar-refractivity contribution in [2.75, 3.05) is 6.54 Å². The fraction of sp³-hybridized carbons (Fsp3) is 0.722. The van der Waals surface area contributed by atoms with Crippen molar-refractivity contribution in [1.82, 2.24) is 10.6 Å². The molecule has 0 bridgehead atoms. The van der Waals surface area contributed by atoms with Gasteiger partial charge in [-0.05, 0) is 32.1 Å². The van der Waals surface area contributed by atoms with Gasteiger partial charge in [0, 0.05) is 18.8 Å². The van der Waals surface area contributed by atoms with Crippen molar-refractivity contribution in [3.63, 3.8) is 0 Å². The van der Waals surface area contributed by atoms with Crippen molar-refractivity contribution in [1.29, 1.82) is 0 Å². The molecule has 0 spiro atoms. The van der Waals surface area contributed by atoms with Gasteiger partial charge in [-0.1, -0.05) is 13.8 Å². The molecular weight excluding hydrogens is 370 g/mol. The molecule has 0 radical (unpaired) electrons. The third kappa shape index (κ3) is 10.0. The normalized spacial score (nSPS) is 13.8. The van der Waals surface area contributed by atoms with Gasteiger partial charge in [-0.15, -0.1) is 0 Å². The first-order valence-corrected chi connectivity index (χ1v) is 9.43. The summed E-state index contributed by atoms with van der Waals surface area (Å²) in [6.07, 6.45) is 1.75. The van der Waals surface area contributed by atoms with Crippen LogP contribution in [0.2, 0.25) is 0 Å². The minimum Gasteiger partial charge on any atom is -0.480 e. The van der Waals surface area contributed by atoms with E-state index in [4.69, 9.17) is 15.9 Å². The molecule has 0 heterocycles. The number of Topliss-reactive ketones (excluding diaryl/α,β-unsaturated/α-hetero) is 1. The maximum absolute atomic E-state index is 12.3. The summed E-state index contributed by atoms with van der Waals surface area (Å²) in [6.45, 7) is 3.15. The maximum atomic E-state index is 12.3. The first kappa shape index (κ1) is 25.5. The Labute approximate surface area is 164 Å². The van der Waals surface area contributed by atoms with Crippen LogP contribution in [0.1, 0.15) is 58.8 Å². The van der Waals surface area contributed by atoms with Gasteiger partial charge in [0.1, 0.15) is 17.9 Å². The number of carboxylic acid groups (broad SMARTS) is 2. The quantitative estimate of drug-likeness (QED) is 0.255. The van der Waals surface area contributed by atoms with E-state index in [1.807, 2.05) is 6.92 Å². The average molecular weight is 401 g/mol. The summed E-state index contributed by atoms with van der Waals surface area (Å²) in [5, 5.41) is 22.7. The molecule has 2 unspecified atom stereocenters. The molecule has 160 valence electrons. The summed E-state index contributed by atoms with van der Waals surface area (Å²) in [5.74, 6) is -3.77. The number of rotatable bonds is 15. The Balaban J connectivity index is 4.44. The van der Waals surface area contributed by atoms with E-state index >= 15 is 0 Å². The molecule has 0 aliphatic carbocycles. The highest BCUT2D eigenvalue weighted by Gasteiger charge is 2.23. The maximum Gasteiger partial charge on any atom is 0.326 e. The second-order valence-corrected chi connectivity index (χ2v) is 6.53. The number of carboxylic acids is 2. The zero-order valence-corrected chi connectivity index (χ0v) is 16.4. The lowest BCUT2D eigenvalue weighted by Gasteiger charge is -2.17. The Morgan fingerprint density at radius 1 is 0.821 bits per heavy atom. The molecule has 0 aromatic carbocycles. The van der Waals surface area contributed by atoms with Gasteiger partial charge in [0.2, 0.25) is 11.8 Å². The van der Waals surface area contributed by atoms with E-state index in [-0.39, 0.29) is 49.8 Å². The third-order valence-electron chi connectivity index (χ3n) is 4.44. The van der Waals surface area contributed by atoms with Crippen LogP contribution in [0.3, 0.4) is 0 Å². The number of nitrogens with two attached hydrogens (primary N) is 1. The summed E-state index contributed by atoms with van der Waals surface area (Å²) in [5.41, 5.74) is 5.14. The molecule has 6 N–H and O–H groups in total. The number of amides is 2. The van der Waals surface area contributed by atoms with E-state index in [1.165, 1.54) is 0 Å². The largest absolute Gasteiger partial charge is 0.480 e. The summed E-state index contributed by atoms with van der Waals surface area (Å²) < 4.78 is 0. The van der Waals surface area contributed by atoms with Crippen LogP contribution in [0.5, 0.6) is 0 Å². The Bertz CT molecular complexity index is 565. The molecule has 0 aliphatic heterocycles. The van der Waals surface area contributed by atoms with Crippen molar-refractivity contribution in [2.45, 2.75) is 70.9 Å². The van der Waals surface area contributed by atoms with Crippen LogP contribution in [0.25, 0.3) is 0 Å². The van der Waals surface area contributed by atoms with E-state index < -0.39 is 29.9 Å². The van der Waals surface area contributed by atoms with E-state index in [1.54, 1.807) is 6.92 Å². The van der Waals surface area contributed by atoms with Crippen molar-refractivity contribution in [2.24, 2.45) is 11.7 Å². The van der Waals surface area contributed by atoms with Gasteiger partial charge in [0.25, 0.3) is 0 Å². The molecule has 0 aliphatic rings. The van der Waals surface area contributed by atoms with Crippen LogP contribution in [-0.2, 0) is 24.0 Å². The monoisotopic (exact) mass is 401 g/mol. The van der Waals surface area contributed by atoms with Crippen LogP contribution < -0.4 is 16.4 Å². The predicted molar refractivity (Wildman–Crippen MR) is 100 cm³/mol. The van der Waals surface area contributed by atoms with Gasteiger partial charge in [-0.3, -0.25) is 14.4 Å². The van der Waals surface area contributed by atoms with Gasteiger partial charge < -0.3 is 26.6 Å². The number of aliphatic carboxylic acids is 2. The minimum absolute atomic E-state index is 0.0105. The minimum atomic E-state index is -1.23. The van der Waals surface area contributed by atoms with Crippen LogP contribution >= 0.6 is 0 Å². The molecule has 0 saturated heterocycles. The summed E-state index contributed by atoms with van der Waals surface area (Å²) >= 11 is 0. The number of hydrogen-bond acceptors (Lipinski definition) is 6. The van der Waals surface area contributed by atoms with E-state index in [0.717, 1.165) is 0 Å². The molecule has 10 heteroatoms. The Hall–Kier alpha value is -2.49. The molecule has 28 heavy (non-hydrogen) atoms. The Kier molecular flexibility index (Phi) is 12.4. The number of ketones is 1. The fourth-order valence-corrected chi connectivity index (χ4v) is 2.71. The SMILES string of the molecule is CCC(CCCC(=O)NC(CC)C(=O)O)C(=O)CC[C@H](NC(=O)CN)C(=O)O. The van der Waals surface area contributed by atoms with Crippen molar-refractivity contribution in [3.05, 3.63) is 0 Å². The molecule has 2 amide bonds. The van der Waals surface area contributed by atoms with Gasteiger partial charge in [0.15, 0.2) is 0 Å². The van der Waals surface area contributed by atoms with E-state index in [2.05, 4.69) is 10.6 Å². The molecule has 10 nitrogen and oxygen atoms in total. The number of carbonyl (C=O) groups is 5. The highest BCUT2D eigenvalue weighted by molar-refractivity contribution is 5.86. The molecule has 0 rings (SSSR count). The van der Waals surface area contributed by atoms with Gasteiger partial charge in [-0.2, -0.15) is 0 Å². The van der Waals surface area contributed by atoms with Crippen LogP contribution in [0.15, 0.2) is 0 Å². The zero-order chi connectivity index (χ0) is 21.7. The number of hydrogen-bond donors (Lipinski definition) is 5. The smallest absolute Gasteiger partial charge is 0.326 e.